The van der Waals surface area contributed by atoms with Gasteiger partial charge in [0.15, 0.2) is 0 Å². The first-order valence-corrected chi connectivity index (χ1v) is 6.72. The van der Waals surface area contributed by atoms with Crippen molar-refractivity contribution >= 4 is 10.0 Å². The van der Waals surface area contributed by atoms with Crippen LogP contribution in [0.25, 0.3) is 0 Å². The highest BCUT2D eigenvalue weighted by atomic mass is 32.2. The number of hydrogen-bond donors (Lipinski definition) is 2. The monoisotopic (exact) mass is 267 g/mol. The van der Waals surface area contributed by atoms with E-state index in [0.717, 1.165) is 10.00 Å². The van der Waals surface area contributed by atoms with Crippen molar-refractivity contribution in [3.63, 3.8) is 0 Å². The Hall–Kier alpha value is -1.86. The average molecular weight is 267 g/mol. The first-order chi connectivity index (χ1) is 8.51. The molecule has 0 unspecified atom stereocenters. The highest BCUT2D eigenvalue weighted by Gasteiger charge is 2.23. The molecule has 0 aliphatic heterocycles. The zero-order chi connectivity index (χ0) is 13.2. The van der Waals surface area contributed by atoms with Gasteiger partial charge in [0.1, 0.15) is 4.90 Å². The molecule has 6 nitrogen and oxygen atoms in total. The van der Waals surface area contributed by atoms with E-state index in [2.05, 4.69) is 9.97 Å². The van der Waals surface area contributed by atoms with Crippen LogP contribution in [0.3, 0.4) is 0 Å². The third-order valence-corrected chi connectivity index (χ3v) is 4.35. The largest absolute Gasteiger partial charge is 0.364 e. The second-order valence-corrected chi connectivity index (χ2v) is 5.83. The Balaban J connectivity index is 2.32. The van der Waals surface area contributed by atoms with E-state index < -0.39 is 15.6 Å². The van der Waals surface area contributed by atoms with E-state index in [1.165, 1.54) is 25.4 Å². The molecule has 0 spiro atoms. The molecule has 0 bridgehead atoms. The van der Waals surface area contributed by atoms with Crippen LogP contribution < -0.4 is 5.56 Å². The van der Waals surface area contributed by atoms with Gasteiger partial charge in [-0.1, -0.05) is 0 Å². The maximum absolute atomic E-state index is 12.2. The summed E-state index contributed by atoms with van der Waals surface area (Å²) in [5.41, 5.74) is 0.143. The van der Waals surface area contributed by atoms with E-state index in [0.29, 0.717) is 0 Å². The molecular weight excluding hydrogens is 254 g/mol. The van der Waals surface area contributed by atoms with Crippen molar-refractivity contribution < 1.29 is 8.42 Å². The summed E-state index contributed by atoms with van der Waals surface area (Å²) in [4.78, 5) is 16.5. The summed E-state index contributed by atoms with van der Waals surface area (Å²) in [6.07, 6.45) is 3.11. The fourth-order valence-corrected chi connectivity index (χ4v) is 2.76. The zero-order valence-electron chi connectivity index (χ0n) is 9.75. The van der Waals surface area contributed by atoms with Gasteiger partial charge in [-0.05, 0) is 24.3 Å². The maximum Gasteiger partial charge on any atom is 0.268 e. The van der Waals surface area contributed by atoms with Crippen molar-refractivity contribution in [3.05, 3.63) is 52.7 Å². The Labute approximate surface area is 104 Å². The number of sulfonamides is 1. The molecule has 0 atom stereocenters. The van der Waals surface area contributed by atoms with Crippen LogP contribution in [0.4, 0.5) is 0 Å². The Morgan fingerprint density at radius 1 is 1.17 bits per heavy atom. The maximum atomic E-state index is 12.2. The molecule has 2 aromatic heterocycles. The van der Waals surface area contributed by atoms with Crippen LogP contribution in [0.15, 0.2) is 46.3 Å². The minimum atomic E-state index is -3.78. The van der Waals surface area contributed by atoms with Gasteiger partial charge in [-0.3, -0.25) is 4.79 Å². The number of pyridine rings is 1. The summed E-state index contributed by atoms with van der Waals surface area (Å²) < 4.78 is 25.5. The quantitative estimate of drug-likeness (QED) is 0.847. The van der Waals surface area contributed by atoms with Crippen molar-refractivity contribution in [1.29, 1.82) is 0 Å². The molecule has 0 aromatic carbocycles. The molecule has 0 saturated heterocycles. The Morgan fingerprint density at radius 2 is 1.83 bits per heavy atom. The normalized spacial score (nSPS) is 11.9. The average Bonchev–Trinajstić information content (AvgIpc) is 2.82. The predicted octanol–water partition coefficient (Wildman–Crippen LogP) is 0.524. The molecule has 0 amide bonds. The van der Waals surface area contributed by atoms with Crippen molar-refractivity contribution in [1.82, 2.24) is 14.3 Å². The molecule has 18 heavy (non-hydrogen) atoms. The summed E-state index contributed by atoms with van der Waals surface area (Å²) in [6.45, 7) is 0.184. The Kier molecular flexibility index (Phi) is 3.35. The molecule has 2 N–H and O–H groups in total. The summed E-state index contributed by atoms with van der Waals surface area (Å²) in [7, 11) is -2.34. The molecular formula is C11H13N3O3S. The highest BCUT2D eigenvalue weighted by molar-refractivity contribution is 7.89. The SMILES string of the molecule is CN(Cc1ccc[nH]1)S(=O)(=O)c1ccc[nH]c1=O. The van der Waals surface area contributed by atoms with Crippen LogP contribution in [-0.4, -0.2) is 29.7 Å². The molecule has 2 aromatic rings. The van der Waals surface area contributed by atoms with E-state index in [4.69, 9.17) is 0 Å². The van der Waals surface area contributed by atoms with Crippen LogP contribution in [-0.2, 0) is 16.6 Å². The van der Waals surface area contributed by atoms with Gasteiger partial charge in [-0.25, -0.2) is 8.42 Å². The van der Waals surface area contributed by atoms with Gasteiger partial charge < -0.3 is 9.97 Å². The summed E-state index contributed by atoms with van der Waals surface area (Å²) in [5.74, 6) is 0. The topological polar surface area (TPSA) is 86.0 Å². The van der Waals surface area contributed by atoms with Crippen LogP contribution >= 0.6 is 0 Å². The molecule has 0 fully saturated rings. The fourth-order valence-electron chi connectivity index (χ4n) is 1.57. The van der Waals surface area contributed by atoms with Crippen LogP contribution in [0.2, 0.25) is 0 Å². The minimum absolute atomic E-state index is 0.184. The van der Waals surface area contributed by atoms with Crippen molar-refractivity contribution in [2.24, 2.45) is 0 Å². The summed E-state index contributed by atoms with van der Waals surface area (Å²) in [5, 5.41) is 0. The summed E-state index contributed by atoms with van der Waals surface area (Å²) in [6, 6.07) is 6.34. The van der Waals surface area contributed by atoms with E-state index in [9.17, 15) is 13.2 Å². The van der Waals surface area contributed by atoms with Crippen LogP contribution in [0, 0.1) is 0 Å². The minimum Gasteiger partial charge on any atom is -0.364 e. The third kappa shape index (κ3) is 2.36. The van der Waals surface area contributed by atoms with Gasteiger partial charge in [0.2, 0.25) is 10.0 Å². The van der Waals surface area contributed by atoms with E-state index in [-0.39, 0.29) is 11.4 Å². The van der Waals surface area contributed by atoms with Crippen molar-refractivity contribution in [2.75, 3.05) is 7.05 Å². The third-order valence-electron chi connectivity index (χ3n) is 2.53. The van der Waals surface area contributed by atoms with Gasteiger partial charge in [0.25, 0.3) is 5.56 Å². The lowest BCUT2D eigenvalue weighted by Gasteiger charge is -2.15. The number of hydrogen-bond acceptors (Lipinski definition) is 3. The van der Waals surface area contributed by atoms with Gasteiger partial charge >= 0.3 is 0 Å². The van der Waals surface area contributed by atoms with Crippen molar-refractivity contribution in [2.45, 2.75) is 11.4 Å². The first-order valence-electron chi connectivity index (χ1n) is 5.28. The van der Waals surface area contributed by atoms with Gasteiger partial charge in [0, 0.05) is 25.1 Å². The molecule has 7 heteroatoms. The molecule has 2 rings (SSSR count). The molecule has 0 saturated carbocycles. The molecule has 0 radical (unpaired) electrons. The standard InChI is InChI=1S/C11H13N3O3S/c1-14(8-9-4-2-6-12-9)18(16,17)10-5-3-7-13-11(10)15/h2-7,12H,8H2,1H3,(H,13,15). The number of aromatic amines is 2. The smallest absolute Gasteiger partial charge is 0.268 e. The van der Waals surface area contributed by atoms with E-state index in [1.54, 1.807) is 18.3 Å². The second kappa shape index (κ2) is 4.79. The molecule has 0 aliphatic rings. The lowest BCUT2D eigenvalue weighted by molar-refractivity contribution is 0.462. The number of rotatable bonds is 4. The van der Waals surface area contributed by atoms with Crippen LogP contribution in [0.1, 0.15) is 5.69 Å². The second-order valence-electron chi connectivity index (χ2n) is 3.82. The van der Waals surface area contributed by atoms with E-state index in [1.807, 2.05) is 0 Å². The van der Waals surface area contributed by atoms with Gasteiger partial charge in [0.05, 0.1) is 6.54 Å². The number of H-pyrrole nitrogens is 2. The molecule has 2 heterocycles. The lowest BCUT2D eigenvalue weighted by atomic mass is 10.4. The van der Waals surface area contributed by atoms with E-state index >= 15 is 0 Å². The Morgan fingerprint density at radius 3 is 2.44 bits per heavy atom. The summed E-state index contributed by atoms with van der Waals surface area (Å²) >= 11 is 0. The lowest BCUT2D eigenvalue weighted by Crippen LogP contribution is -2.31. The number of nitrogens with one attached hydrogen (secondary N) is 2. The predicted molar refractivity (Wildman–Crippen MR) is 66.5 cm³/mol. The number of aromatic nitrogens is 2. The zero-order valence-corrected chi connectivity index (χ0v) is 10.6. The Bertz CT molecular complexity index is 674. The fraction of sp³-hybridized carbons (Fsp3) is 0.182. The highest BCUT2D eigenvalue weighted by Crippen LogP contribution is 2.11. The van der Waals surface area contributed by atoms with Gasteiger partial charge in [-0.2, -0.15) is 4.31 Å². The number of nitrogens with zero attached hydrogens (tertiary/aromatic N) is 1. The molecule has 0 aliphatic carbocycles. The first kappa shape index (κ1) is 12.6. The van der Waals surface area contributed by atoms with Gasteiger partial charge in [-0.15, -0.1) is 0 Å². The van der Waals surface area contributed by atoms with Crippen LogP contribution in [0.5, 0.6) is 0 Å². The van der Waals surface area contributed by atoms with Crippen molar-refractivity contribution in [3.8, 4) is 0 Å². The molecule has 96 valence electrons.